The van der Waals surface area contributed by atoms with E-state index in [0.29, 0.717) is 13.1 Å². The third-order valence-electron chi connectivity index (χ3n) is 3.61. The molecule has 2 N–H and O–H groups in total. The van der Waals surface area contributed by atoms with E-state index in [1.54, 1.807) is 18.7 Å². The first kappa shape index (κ1) is 14.5. The van der Waals surface area contributed by atoms with Crippen molar-refractivity contribution >= 4 is 11.7 Å². The maximum Gasteiger partial charge on any atom is 0.240 e. The predicted molar refractivity (Wildman–Crippen MR) is 71.1 cm³/mol. The van der Waals surface area contributed by atoms with Gasteiger partial charge in [-0.15, -0.1) is 0 Å². The molecule has 1 aromatic rings. The molecule has 108 valence electrons. The number of halogens is 1. The molecule has 5 nitrogen and oxygen atoms in total. The van der Waals surface area contributed by atoms with Gasteiger partial charge in [0.05, 0.1) is 17.6 Å². The molecule has 0 unspecified atom stereocenters. The molecule has 1 heterocycles. The fraction of sp³-hybridized carbons (Fsp3) is 0.429. The molecule has 0 spiro atoms. The smallest absolute Gasteiger partial charge is 0.240 e. The topological polar surface area (TPSA) is 69.6 Å². The minimum atomic E-state index is -0.809. The second kappa shape index (κ2) is 5.20. The van der Waals surface area contributed by atoms with Crippen LogP contribution in [0.25, 0.3) is 0 Å². The Bertz CT molecular complexity index is 557. The van der Waals surface area contributed by atoms with E-state index in [0.717, 1.165) is 18.2 Å². The predicted octanol–water partition coefficient (Wildman–Crippen LogP) is 0.924. The number of benzene rings is 1. The summed E-state index contributed by atoms with van der Waals surface area (Å²) in [5.41, 5.74) is -0.872. The molecular formula is C14H17FN2O3. The highest BCUT2D eigenvalue weighted by Crippen LogP contribution is 2.22. The zero-order valence-corrected chi connectivity index (χ0v) is 11.4. The van der Waals surface area contributed by atoms with Crippen LogP contribution in [-0.2, 0) is 4.79 Å². The first-order valence-corrected chi connectivity index (χ1v) is 6.37. The van der Waals surface area contributed by atoms with Crippen molar-refractivity contribution in [3.8, 4) is 5.75 Å². The molecule has 2 rings (SSSR count). The number of nitrogens with one attached hydrogen (secondary N) is 1. The molecule has 1 aliphatic rings. The summed E-state index contributed by atoms with van der Waals surface area (Å²) in [4.78, 5) is 25.7. The van der Waals surface area contributed by atoms with E-state index in [1.807, 2.05) is 0 Å². The summed E-state index contributed by atoms with van der Waals surface area (Å²) >= 11 is 0. The highest BCUT2D eigenvalue weighted by atomic mass is 19.1. The molecule has 0 aliphatic carbocycles. The van der Waals surface area contributed by atoms with Gasteiger partial charge in [0, 0.05) is 13.1 Å². The SMILES string of the molecule is CC1(C)C(=O)NCCN1CC(=O)c1cc(F)ccc1O. The first-order valence-electron chi connectivity index (χ1n) is 6.37. The van der Waals surface area contributed by atoms with Crippen molar-refractivity contribution in [2.24, 2.45) is 0 Å². The van der Waals surface area contributed by atoms with Crippen LogP contribution in [0.5, 0.6) is 5.75 Å². The van der Waals surface area contributed by atoms with Crippen molar-refractivity contribution in [2.45, 2.75) is 19.4 Å². The van der Waals surface area contributed by atoms with Crippen molar-refractivity contribution in [1.29, 1.82) is 0 Å². The van der Waals surface area contributed by atoms with Crippen LogP contribution in [0.4, 0.5) is 4.39 Å². The largest absolute Gasteiger partial charge is 0.507 e. The van der Waals surface area contributed by atoms with E-state index < -0.39 is 17.1 Å². The van der Waals surface area contributed by atoms with Crippen LogP contribution < -0.4 is 5.32 Å². The van der Waals surface area contributed by atoms with Gasteiger partial charge in [0.25, 0.3) is 0 Å². The van der Waals surface area contributed by atoms with Crippen LogP contribution in [0.2, 0.25) is 0 Å². The second-order valence-corrected chi connectivity index (χ2v) is 5.32. The monoisotopic (exact) mass is 280 g/mol. The van der Waals surface area contributed by atoms with Gasteiger partial charge in [-0.2, -0.15) is 0 Å². The van der Waals surface area contributed by atoms with E-state index in [1.165, 1.54) is 0 Å². The lowest BCUT2D eigenvalue weighted by molar-refractivity contribution is -0.134. The minimum Gasteiger partial charge on any atom is -0.507 e. The van der Waals surface area contributed by atoms with Crippen molar-refractivity contribution in [3.05, 3.63) is 29.6 Å². The Hall–Kier alpha value is -1.95. The summed E-state index contributed by atoms with van der Waals surface area (Å²) < 4.78 is 13.2. The molecule has 0 aromatic heterocycles. The molecule has 1 aromatic carbocycles. The zero-order chi connectivity index (χ0) is 14.9. The minimum absolute atomic E-state index is 0.0442. The highest BCUT2D eigenvalue weighted by Gasteiger charge is 2.38. The van der Waals surface area contributed by atoms with Crippen LogP contribution in [0, 0.1) is 5.82 Å². The van der Waals surface area contributed by atoms with Gasteiger partial charge in [-0.1, -0.05) is 0 Å². The van der Waals surface area contributed by atoms with Crippen LogP contribution in [0.1, 0.15) is 24.2 Å². The van der Waals surface area contributed by atoms with Gasteiger partial charge in [-0.3, -0.25) is 14.5 Å². The van der Waals surface area contributed by atoms with Gasteiger partial charge >= 0.3 is 0 Å². The third kappa shape index (κ3) is 2.65. The fourth-order valence-corrected chi connectivity index (χ4v) is 2.21. The molecule has 6 heteroatoms. The number of phenols is 1. The maximum absolute atomic E-state index is 13.2. The molecule has 0 radical (unpaired) electrons. The number of phenolic OH excluding ortho intramolecular Hbond substituents is 1. The van der Waals surface area contributed by atoms with E-state index >= 15 is 0 Å². The molecule has 0 bridgehead atoms. The number of Topliss-reactive ketones (excluding diaryl/α,β-unsaturated/α-hetero) is 1. The van der Waals surface area contributed by atoms with Gasteiger partial charge in [0.15, 0.2) is 5.78 Å². The first-order chi connectivity index (χ1) is 9.32. The third-order valence-corrected chi connectivity index (χ3v) is 3.61. The standard InChI is InChI=1S/C14H17FN2O3/c1-14(2)13(20)16-5-6-17(14)8-12(19)10-7-9(15)3-4-11(10)18/h3-4,7,18H,5-6,8H2,1-2H3,(H,16,20). The lowest BCUT2D eigenvalue weighted by Gasteiger charge is -2.40. The van der Waals surface area contributed by atoms with Crippen LogP contribution in [-0.4, -0.2) is 46.9 Å². The van der Waals surface area contributed by atoms with E-state index in [9.17, 15) is 19.1 Å². The lowest BCUT2D eigenvalue weighted by Crippen LogP contribution is -2.62. The molecule has 1 saturated heterocycles. The summed E-state index contributed by atoms with van der Waals surface area (Å²) in [6.45, 7) is 4.39. The number of hydrogen-bond donors (Lipinski definition) is 2. The molecule has 20 heavy (non-hydrogen) atoms. The number of ketones is 1. The quantitative estimate of drug-likeness (QED) is 0.808. The number of piperazine rings is 1. The lowest BCUT2D eigenvalue weighted by atomic mass is 9.97. The Morgan fingerprint density at radius 2 is 2.20 bits per heavy atom. The number of aromatic hydroxyl groups is 1. The van der Waals surface area contributed by atoms with Crippen LogP contribution >= 0.6 is 0 Å². The average molecular weight is 280 g/mol. The van der Waals surface area contributed by atoms with Crippen molar-refractivity contribution in [1.82, 2.24) is 10.2 Å². The van der Waals surface area contributed by atoms with E-state index in [4.69, 9.17) is 0 Å². The number of amides is 1. The van der Waals surface area contributed by atoms with Crippen LogP contribution in [0.15, 0.2) is 18.2 Å². The van der Waals surface area contributed by atoms with E-state index in [2.05, 4.69) is 5.32 Å². The Kier molecular flexibility index (Phi) is 3.76. The van der Waals surface area contributed by atoms with Gasteiger partial charge < -0.3 is 10.4 Å². The Morgan fingerprint density at radius 1 is 1.50 bits per heavy atom. The number of hydrogen-bond acceptors (Lipinski definition) is 4. The van der Waals surface area contributed by atoms with Gasteiger partial charge in [0.2, 0.25) is 5.91 Å². The normalized spacial score (nSPS) is 18.6. The second-order valence-electron chi connectivity index (χ2n) is 5.32. The van der Waals surface area contributed by atoms with Gasteiger partial charge in [0.1, 0.15) is 11.6 Å². The zero-order valence-electron chi connectivity index (χ0n) is 11.4. The molecular weight excluding hydrogens is 263 g/mol. The average Bonchev–Trinajstić information content (AvgIpc) is 2.38. The fourth-order valence-electron chi connectivity index (χ4n) is 2.21. The highest BCUT2D eigenvalue weighted by molar-refractivity contribution is 6.00. The Labute approximate surface area is 116 Å². The Morgan fingerprint density at radius 3 is 2.90 bits per heavy atom. The summed E-state index contributed by atoms with van der Waals surface area (Å²) in [5.74, 6) is -1.40. The number of nitrogens with zero attached hydrogens (tertiary/aromatic N) is 1. The molecule has 1 amide bonds. The molecule has 0 saturated carbocycles. The van der Waals surface area contributed by atoms with Crippen LogP contribution in [0.3, 0.4) is 0 Å². The van der Waals surface area contributed by atoms with Crippen molar-refractivity contribution in [3.63, 3.8) is 0 Å². The van der Waals surface area contributed by atoms with Gasteiger partial charge in [-0.25, -0.2) is 4.39 Å². The maximum atomic E-state index is 13.2. The summed E-state index contributed by atoms with van der Waals surface area (Å²) in [7, 11) is 0. The summed E-state index contributed by atoms with van der Waals surface area (Å²) in [6.07, 6.45) is 0. The van der Waals surface area contributed by atoms with Gasteiger partial charge in [-0.05, 0) is 32.0 Å². The van der Waals surface area contributed by atoms with Crippen molar-refractivity contribution < 1.29 is 19.1 Å². The number of carbonyl (C=O) groups is 2. The molecule has 1 aliphatic heterocycles. The number of carbonyl (C=O) groups excluding carboxylic acids is 2. The number of rotatable bonds is 3. The van der Waals surface area contributed by atoms with Crippen molar-refractivity contribution in [2.75, 3.05) is 19.6 Å². The summed E-state index contributed by atoms with van der Waals surface area (Å²) in [6, 6.07) is 3.25. The molecule has 0 atom stereocenters. The summed E-state index contributed by atoms with van der Waals surface area (Å²) in [5, 5.41) is 12.4. The van der Waals surface area contributed by atoms with E-state index in [-0.39, 0.29) is 23.8 Å². The molecule has 1 fully saturated rings. The Balaban J connectivity index is 2.19.